The summed E-state index contributed by atoms with van der Waals surface area (Å²) in [6.07, 6.45) is 2.89. The molecule has 0 spiro atoms. The number of thioether (sulfide) groups is 2. The Kier molecular flexibility index (Phi) is 4.19. The van der Waals surface area contributed by atoms with Gasteiger partial charge in [0.1, 0.15) is 0 Å². The molecule has 3 unspecified atom stereocenters. The minimum Gasteiger partial charge on any atom is -0.308 e. The van der Waals surface area contributed by atoms with Crippen LogP contribution in [0.5, 0.6) is 0 Å². The van der Waals surface area contributed by atoms with Crippen LogP contribution in [-0.2, 0) is 0 Å². The van der Waals surface area contributed by atoms with E-state index in [0.29, 0.717) is 11.6 Å². The molecule has 3 fully saturated rings. The fourth-order valence-corrected chi connectivity index (χ4v) is 5.98. The monoisotopic (exact) mass is 286 g/mol. The summed E-state index contributed by atoms with van der Waals surface area (Å²) in [6, 6.07) is 0.712. The van der Waals surface area contributed by atoms with E-state index >= 15 is 0 Å². The molecule has 0 bridgehead atoms. The molecular formula is C14H26N2S2. The molecule has 1 aliphatic carbocycles. The first-order chi connectivity index (χ1) is 8.67. The first kappa shape index (κ1) is 13.6. The molecule has 3 aliphatic rings. The number of rotatable bonds is 3. The molecule has 1 saturated carbocycles. The van der Waals surface area contributed by atoms with Gasteiger partial charge in [-0.15, -0.1) is 0 Å². The van der Waals surface area contributed by atoms with Crippen LogP contribution in [0.1, 0.15) is 26.7 Å². The summed E-state index contributed by atoms with van der Waals surface area (Å²) in [4.78, 5) is 2.76. The molecule has 2 saturated heterocycles. The molecule has 3 atom stereocenters. The Morgan fingerprint density at radius 1 is 1.33 bits per heavy atom. The molecule has 4 heteroatoms. The van der Waals surface area contributed by atoms with E-state index in [9.17, 15) is 0 Å². The predicted molar refractivity (Wildman–Crippen MR) is 83.7 cm³/mol. The van der Waals surface area contributed by atoms with Crippen LogP contribution in [0.2, 0.25) is 0 Å². The van der Waals surface area contributed by atoms with Gasteiger partial charge in [0.2, 0.25) is 0 Å². The van der Waals surface area contributed by atoms with Crippen molar-refractivity contribution < 1.29 is 0 Å². The molecule has 0 aromatic heterocycles. The molecule has 0 aromatic rings. The van der Waals surface area contributed by atoms with Crippen molar-refractivity contribution in [1.82, 2.24) is 10.2 Å². The Bertz CT molecular complexity index is 290. The van der Waals surface area contributed by atoms with Gasteiger partial charge in [0.15, 0.2) is 0 Å². The summed E-state index contributed by atoms with van der Waals surface area (Å²) in [7, 11) is 0. The zero-order chi connectivity index (χ0) is 12.6. The van der Waals surface area contributed by atoms with E-state index in [2.05, 4.69) is 47.6 Å². The number of nitrogens with zero attached hydrogens (tertiary/aromatic N) is 1. The third-order valence-corrected chi connectivity index (χ3v) is 7.58. The lowest BCUT2D eigenvalue weighted by Crippen LogP contribution is -2.64. The van der Waals surface area contributed by atoms with E-state index < -0.39 is 0 Å². The van der Waals surface area contributed by atoms with Gasteiger partial charge in [-0.05, 0) is 32.6 Å². The van der Waals surface area contributed by atoms with Crippen LogP contribution in [0.3, 0.4) is 0 Å². The van der Waals surface area contributed by atoms with Crippen LogP contribution in [0.25, 0.3) is 0 Å². The van der Waals surface area contributed by atoms with Gasteiger partial charge in [0.25, 0.3) is 0 Å². The van der Waals surface area contributed by atoms with Gasteiger partial charge in [-0.25, -0.2) is 0 Å². The van der Waals surface area contributed by atoms with E-state index in [0.717, 1.165) is 11.2 Å². The quantitative estimate of drug-likeness (QED) is 0.856. The number of hydrogen-bond donors (Lipinski definition) is 1. The summed E-state index contributed by atoms with van der Waals surface area (Å²) >= 11 is 4.35. The van der Waals surface area contributed by atoms with Crippen LogP contribution in [0.4, 0.5) is 0 Å². The average molecular weight is 287 g/mol. The Balaban J connectivity index is 1.58. The maximum absolute atomic E-state index is 3.82. The zero-order valence-electron chi connectivity index (χ0n) is 11.7. The standard InChI is InChI=1S/C14H26N2S2/c1-11-7-15-14(2,12-3-4-12)10-16(11)8-13-9-17-5-6-18-13/h11-13,15H,3-10H2,1-2H3. The molecule has 2 aliphatic heterocycles. The van der Waals surface area contributed by atoms with Crippen molar-refractivity contribution in [3.05, 3.63) is 0 Å². The van der Waals surface area contributed by atoms with Gasteiger partial charge >= 0.3 is 0 Å². The highest BCUT2D eigenvalue weighted by molar-refractivity contribution is 8.06. The molecule has 104 valence electrons. The second-order valence-electron chi connectivity index (χ2n) is 6.42. The van der Waals surface area contributed by atoms with E-state index in [1.807, 2.05) is 0 Å². The molecule has 0 aromatic carbocycles. The summed E-state index contributed by atoms with van der Waals surface area (Å²) in [5, 5.41) is 4.69. The van der Waals surface area contributed by atoms with E-state index in [-0.39, 0.29) is 0 Å². The topological polar surface area (TPSA) is 15.3 Å². The van der Waals surface area contributed by atoms with Crippen LogP contribution in [-0.4, -0.2) is 58.6 Å². The molecular weight excluding hydrogens is 260 g/mol. The Labute approximate surface area is 120 Å². The van der Waals surface area contributed by atoms with Crippen LogP contribution in [0, 0.1) is 5.92 Å². The minimum absolute atomic E-state index is 0.402. The molecule has 2 nitrogen and oxygen atoms in total. The average Bonchev–Trinajstić information content (AvgIpc) is 3.20. The lowest BCUT2D eigenvalue weighted by Gasteiger charge is -2.46. The lowest BCUT2D eigenvalue weighted by molar-refractivity contribution is 0.0850. The third kappa shape index (κ3) is 3.02. The van der Waals surface area contributed by atoms with Crippen molar-refractivity contribution in [1.29, 1.82) is 0 Å². The molecule has 18 heavy (non-hydrogen) atoms. The van der Waals surface area contributed by atoms with Gasteiger partial charge in [-0.2, -0.15) is 23.5 Å². The first-order valence-electron chi connectivity index (χ1n) is 7.36. The summed E-state index contributed by atoms with van der Waals surface area (Å²) in [5.74, 6) is 5.02. The van der Waals surface area contributed by atoms with Gasteiger partial charge < -0.3 is 5.32 Å². The minimum atomic E-state index is 0.402. The van der Waals surface area contributed by atoms with E-state index in [1.54, 1.807) is 0 Å². The predicted octanol–water partition coefficient (Wildman–Crippen LogP) is 2.30. The van der Waals surface area contributed by atoms with Crippen LogP contribution < -0.4 is 5.32 Å². The van der Waals surface area contributed by atoms with Crippen LogP contribution in [0.15, 0.2) is 0 Å². The zero-order valence-corrected chi connectivity index (χ0v) is 13.3. The lowest BCUT2D eigenvalue weighted by atomic mass is 9.91. The van der Waals surface area contributed by atoms with Crippen molar-refractivity contribution in [3.63, 3.8) is 0 Å². The molecule has 1 N–H and O–H groups in total. The highest BCUT2D eigenvalue weighted by atomic mass is 32.2. The fourth-order valence-electron chi connectivity index (χ4n) is 3.29. The third-order valence-electron chi connectivity index (χ3n) is 4.76. The summed E-state index contributed by atoms with van der Waals surface area (Å²) < 4.78 is 0. The fraction of sp³-hybridized carbons (Fsp3) is 1.00. The van der Waals surface area contributed by atoms with Gasteiger partial charge in [-0.3, -0.25) is 4.90 Å². The highest BCUT2D eigenvalue weighted by Crippen LogP contribution is 2.41. The van der Waals surface area contributed by atoms with Gasteiger partial charge in [0.05, 0.1) is 0 Å². The Morgan fingerprint density at radius 3 is 2.83 bits per heavy atom. The smallest absolute Gasteiger partial charge is 0.0309 e. The van der Waals surface area contributed by atoms with E-state index in [4.69, 9.17) is 0 Å². The van der Waals surface area contributed by atoms with Crippen LogP contribution >= 0.6 is 23.5 Å². The van der Waals surface area contributed by atoms with Gasteiger partial charge in [-0.1, -0.05) is 0 Å². The van der Waals surface area contributed by atoms with Gasteiger partial charge in [0, 0.05) is 53.7 Å². The molecule has 2 heterocycles. The number of nitrogens with one attached hydrogen (secondary N) is 1. The van der Waals surface area contributed by atoms with Crippen molar-refractivity contribution >= 4 is 23.5 Å². The number of piperazine rings is 1. The van der Waals surface area contributed by atoms with Crippen molar-refractivity contribution in [3.8, 4) is 0 Å². The number of hydrogen-bond acceptors (Lipinski definition) is 4. The summed E-state index contributed by atoms with van der Waals surface area (Å²) in [6.45, 7) is 8.59. The van der Waals surface area contributed by atoms with Crippen molar-refractivity contribution in [2.24, 2.45) is 5.92 Å². The highest BCUT2D eigenvalue weighted by Gasteiger charge is 2.45. The van der Waals surface area contributed by atoms with Crippen molar-refractivity contribution in [2.45, 2.75) is 43.5 Å². The molecule has 3 rings (SSSR count). The first-order valence-corrected chi connectivity index (χ1v) is 9.56. The maximum Gasteiger partial charge on any atom is 0.0309 e. The normalized spacial score (nSPS) is 43.0. The second kappa shape index (κ2) is 5.55. The second-order valence-corrected chi connectivity index (χ2v) is 8.98. The molecule has 0 radical (unpaired) electrons. The largest absolute Gasteiger partial charge is 0.308 e. The molecule has 0 amide bonds. The Morgan fingerprint density at radius 2 is 2.17 bits per heavy atom. The van der Waals surface area contributed by atoms with Crippen molar-refractivity contribution in [2.75, 3.05) is 36.9 Å². The Hall–Kier alpha value is 0.620. The summed E-state index contributed by atoms with van der Waals surface area (Å²) in [5.41, 5.74) is 0.402. The SMILES string of the molecule is CC1CNC(C)(C2CC2)CN1CC1CSCCS1. The maximum atomic E-state index is 3.82. The van der Waals surface area contributed by atoms with E-state index in [1.165, 1.54) is 49.7 Å².